The minimum Gasteiger partial charge on any atom is -0.481 e. The summed E-state index contributed by atoms with van der Waals surface area (Å²) in [7, 11) is 1.78. The SMILES string of the molecule is CCC(CC)(CC(=O)NCc1nncn1C)C(=O)O. The molecule has 7 heteroatoms. The van der Waals surface area contributed by atoms with E-state index in [0.29, 0.717) is 18.7 Å². The number of carboxylic acid groups (broad SMARTS) is 1. The third-order valence-corrected chi connectivity index (χ3v) is 3.55. The third-order valence-electron chi connectivity index (χ3n) is 3.55. The second-order valence-electron chi connectivity index (χ2n) is 4.60. The van der Waals surface area contributed by atoms with Gasteiger partial charge in [0, 0.05) is 13.5 Å². The summed E-state index contributed by atoms with van der Waals surface area (Å²) >= 11 is 0. The summed E-state index contributed by atoms with van der Waals surface area (Å²) in [6.45, 7) is 3.82. The van der Waals surface area contributed by atoms with E-state index in [1.165, 1.54) is 0 Å². The smallest absolute Gasteiger partial charge is 0.310 e. The Morgan fingerprint density at radius 2 is 2.05 bits per heavy atom. The Bertz CT molecular complexity index is 452. The molecule has 7 nitrogen and oxygen atoms in total. The summed E-state index contributed by atoms with van der Waals surface area (Å²) in [6.07, 6.45) is 2.38. The molecule has 0 aromatic carbocycles. The van der Waals surface area contributed by atoms with E-state index < -0.39 is 11.4 Å². The number of hydrogen-bond donors (Lipinski definition) is 2. The number of amides is 1. The number of hydrogen-bond acceptors (Lipinski definition) is 4. The quantitative estimate of drug-likeness (QED) is 0.759. The molecule has 2 N–H and O–H groups in total. The molecule has 1 amide bonds. The molecule has 0 saturated heterocycles. The van der Waals surface area contributed by atoms with Crippen LogP contribution in [-0.4, -0.2) is 31.7 Å². The van der Waals surface area contributed by atoms with Gasteiger partial charge in [0.15, 0.2) is 5.82 Å². The maximum absolute atomic E-state index is 11.9. The van der Waals surface area contributed by atoms with Gasteiger partial charge in [-0.05, 0) is 12.8 Å². The van der Waals surface area contributed by atoms with Gasteiger partial charge in [0.1, 0.15) is 6.33 Å². The van der Waals surface area contributed by atoms with Gasteiger partial charge in [-0.15, -0.1) is 10.2 Å². The Balaban J connectivity index is 2.59. The molecule has 0 saturated carbocycles. The van der Waals surface area contributed by atoms with Crippen LogP contribution in [0.1, 0.15) is 38.9 Å². The molecule has 0 aliphatic rings. The van der Waals surface area contributed by atoms with Gasteiger partial charge in [0.25, 0.3) is 0 Å². The lowest BCUT2D eigenvalue weighted by Gasteiger charge is -2.25. The molecule has 0 bridgehead atoms. The molecule has 0 fully saturated rings. The van der Waals surface area contributed by atoms with Crippen molar-refractivity contribution in [2.45, 2.75) is 39.7 Å². The van der Waals surface area contributed by atoms with Crippen molar-refractivity contribution in [2.24, 2.45) is 12.5 Å². The molecule has 1 rings (SSSR count). The minimum absolute atomic E-state index is 0.0207. The zero-order valence-electron chi connectivity index (χ0n) is 11.5. The Morgan fingerprint density at radius 3 is 2.47 bits per heavy atom. The zero-order valence-corrected chi connectivity index (χ0v) is 11.5. The molecule has 0 aliphatic carbocycles. The number of aliphatic carboxylic acids is 1. The lowest BCUT2D eigenvalue weighted by molar-refractivity contribution is -0.152. The van der Waals surface area contributed by atoms with Crippen molar-refractivity contribution in [3.63, 3.8) is 0 Å². The van der Waals surface area contributed by atoms with E-state index in [2.05, 4.69) is 15.5 Å². The van der Waals surface area contributed by atoms with E-state index in [1.54, 1.807) is 31.8 Å². The van der Waals surface area contributed by atoms with Gasteiger partial charge in [-0.25, -0.2) is 0 Å². The fourth-order valence-corrected chi connectivity index (χ4v) is 1.89. The summed E-state index contributed by atoms with van der Waals surface area (Å²) in [6, 6.07) is 0. The largest absolute Gasteiger partial charge is 0.481 e. The number of aryl methyl sites for hydroxylation is 1. The topological polar surface area (TPSA) is 97.1 Å². The number of nitrogens with zero attached hydrogens (tertiary/aromatic N) is 3. The van der Waals surface area contributed by atoms with E-state index in [4.69, 9.17) is 0 Å². The van der Waals surface area contributed by atoms with Gasteiger partial charge in [-0.2, -0.15) is 0 Å². The summed E-state index contributed by atoms with van der Waals surface area (Å²) in [5.74, 6) is -0.581. The first-order valence-corrected chi connectivity index (χ1v) is 6.28. The van der Waals surface area contributed by atoms with Crippen LogP contribution in [0.15, 0.2) is 6.33 Å². The van der Waals surface area contributed by atoms with E-state index in [9.17, 15) is 14.7 Å². The number of rotatable bonds is 7. The van der Waals surface area contributed by atoms with Crippen molar-refractivity contribution in [3.05, 3.63) is 12.2 Å². The van der Waals surface area contributed by atoms with Crippen molar-refractivity contribution in [2.75, 3.05) is 0 Å². The van der Waals surface area contributed by atoms with Crippen LogP contribution in [0.25, 0.3) is 0 Å². The van der Waals surface area contributed by atoms with Crippen LogP contribution in [0, 0.1) is 5.41 Å². The number of carbonyl (C=O) groups is 2. The first-order chi connectivity index (χ1) is 8.95. The van der Waals surface area contributed by atoms with Crippen molar-refractivity contribution in [3.8, 4) is 0 Å². The molecule has 0 aliphatic heterocycles. The highest BCUT2D eigenvalue weighted by atomic mass is 16.4. The highest BCUT2D eigenvalue weighted by Crippen LogP contribution is 2.30. The number of carbonyl (C=O) groups excluding carboxylic acids is 1. The monoisotopic (exact) mass is 268 g/mol. The first kappa shape index (κ1) is 15.1. The van der Waals surface area contributed by atoms with Crippen molar-refractivity contribution in [1.29, 1.82) is 0 Å². The van der Waals surface area contributed by atoms with E-state index in [1.807, 2.05) is 0 Å². The summed E-state index contributed by atoms with van der Waals surface area (Å²) in [5.41, 5.74) is -0.982. The van der Waals surface area contributed by atoms with Crippen molar-refractivity contribution >= 4 is 11.9 Å². The van der Waals surface area contributed by atoms with Crippen LogP contribution in [0.2, 0.25) is 0 Å². The number of aromatic nitrogens is 3. The van der Waals surface area contributed by atoms with Crippen LogP contribution in [0.5, 0.6) is 0 Å². The molecule has 0 spiro atoms. The van der Waals surface area contributed by atoms with Crippen LogP contribution in [-0.2, 0) is 23.2 Å². The van der Waals surface area contributed by atoms with Gasteiger partial charge in [0.2, 0.25) is 5.91 Å². The Morgan fingerprint density at radius 1 is 1.42 bits per heavy atom. The van der Waals surface area contributed by atoms with E-state index in [0.717, 1.165) is 0 Å². The molecular weight excluding hydrogens is 248 g/mol. The average molecular weight is 268 g/mol. The molecule has 106 valence electrons. The first-order valence-electron chi connectivity index (χ1n) is 6.28. The molecular formula is C12H20N4O3. The Labute approximate surface area is 112 Å². The normalized spacial score (nSPS) is 11.3. The average Bonchev–Trinajstić information content (AvgIpc) is 2.79. The van der Waals surface area contributed by atoms with Gasteiger partial charge >= 0.3 is 5.97 Å². The second kappa shape index (κ2) is 6.31. The number of carboxylic acids is 1. The lowest BCUT2D eigenvalue weighted by atomic mass is 9.79. The van der Waals surface area contributed by atoms with Crippen molar-refractivity contribution < 1.29 is 14.7 Å². The van der Waals surface area contributed by atoms with Gasteiger partial charge in [0.05, 0.1) is 12.0 Å². The van der Waals surface area contributed by atoms with E-state index >= 15 is 0 Å². The minimum atomic E-state index is -0.982. The van der Waals surface area contributed by atoms with Gasteiger partial charge in [-0.1, -0.05) is 13.8 Å². The van der Waals surface area contributed by atoms with Crippen LogP contribution >= 0.6 is 0 Å². The maximum atomic E-state index is 11.9. The summed E-state index contributed by atoms with van der Waals surface area (Å²) < 4.78 is 1.70. The predicted molar refractivity (Wildman–Crippen MR) is 68.1 cm³/mol. The molecule has 1 heterocycles. The fraction of sp³-hybridized carbons (Fsp3) is 0.667. The molecule has 19 heavy (non-hydrogen) atoms. The molecule has 1 aromatic heterocycles. The highest BCUT2D eigenvalue weighted by molar-refractivity contribution is 5.84. The fourth-order valence-electron chi connectivity index (χ4n) is 1.89. The summed E-state index contributed by atoms with van der Waals surface area (Å²) in [5, 5.41) is 19.5. The number of nitrogens with one attached hydrogen (secondary N) is 1. The molecule has 0 radical (unpaired) electrons. The van der Waals surface area contributed by atoms with Crippen molar-refractivity contribution in [1.82, 2.24) is 20.1 Å². The third kappa shape index (κ3) is 3.52. The molecule has 1 aromatic rings. The predicted octanol–water partition coefficient (Wildman–Crippen LogP) is 0.712. The van der Waals surface area contributed by atoms with E-state index in [-0.39, 0.29) is 18.9 Å². The van der Waals surface area contributed by atoms with Gasteiger partial charge < -0.3 is 15.0 Å². The summed E-state index contributed by atoms with van der Waals surface area (Å²) in [4.78, 5) is 23.2. The standard InChI is InChI=1S/C12H20N4O3/c1-4-12(5-2,11(18)19)6-10(17)13-7-9-15-14-8-16(9)3/h8H,4-7H2,1-3H3,(H,13,17)(H,18,19). The Kier molecular flexibility index (Phi) is 5.02. The van der Waals surface area contributed by atoms with Crippen LogP contribution < -0.4 is 5.32 Å². The molecule has 0 unspecified atom stereocenters. The lowest BCUT2D eigenvalue weighted by Crippen LogP contribution is -2.37. The molecule has 0 atom stereocenters. The maximum Gasteiger partial charge on any atom is 0.310 e. The zero-order chi connectivity index (χ0) is 14.5. The van der Waals surface area contributed by atoms with Gasteiger partial charge in [-0.3, -0.25) is 9.59 Å². The Hall–Kier alpha value is -1.92. The highest BCUT2D eigenvalue weighted by Gasteiger charge is 2.37. The van der Waals surface area contributed by atoms with Crippen LogP contribution in [0.3, 0.4) is 0 Å². The van der Waals surface area contributed by atoms with Crippen LogP contribution in [0.4, 0.5) is 0 Å². The second-order valence-corrected chi connectivity index (χ2v) is 4.60.